The average molecular weight is 296 g/mol. The van der Waals surface area contributed by atoms with Crippen LogP contribution < -0.4 is 0 Å². The van der Waals surface area contributed by atoms with Gasteiger partial charge in [-0.25, -0.2) is 0 Å². The molecule has 3 nitrogen and oxygen atoms in total. The molecule has 2 fully saturated rings. The number of carbonyl (C=O) groups is 1. The highest BCUT2D eigenvalue weighted by Gasteiger charge is 2.49. The van der Waals surface area contributed by atoms with Gasteiger partial charge in [-0.15, -0.1) is 0 Å². The number of aliphatic hydroxyl groups excluding tert-OH is 1. The number of rotatable bonds is 5. The van der Waals surface area contributed by atoms with E-state index in [2.05, 4.69) is 0 Å². The fourth-order valence-electron chi connectivity index (χ4n) is 4.65. The summed E-state index contributed by atoms with van der Waals surface area (Å²) >= 11 is 0. The molecular weight excluding hydrogens is 264 g/mol. The summed E-state index contributed by atoms with van der Waals surface area (Å²) in [4.78, 5) is 11.8. The summed E-state index contributed by atoms with van der Waals surface area (Å²) in [6, 6.07) is 0. The van der Waals surface area contributed by atoms with Crippen molar-refractivity contribution in [3.8, 4) is 0 Å². The van der Waals surface area contributed by atoms with Crippen LogP contribution in [0.1, 0.15) is 78.6 Å². The minimum absolute atomic E-state index is 0.0845. The van der Waals surface area contributed by atoms with Gasteiger partial charge in [0.1, 0.15) is 5.60 Å². The van der Waals surface area contributed by atoms with Crippen molar-refractivity contribution in [3.05, 3.63) is 0 Å². The van der Waals surface area contributed by atoms with E-state index < -0.39 is 0 Å². The van der Waals surface area contributed by atoms with E-state index in [0.29, 0.717) is 18.9 Å². The van der Waals surface area contributed by atoms with Gasteiger partial charge in [-0.1, -0.05) is 12.8 Å². The van der Waals surface area contributed by atoms with Crippen LogP contribution >= 0.6 is 0 Å². The van der Waals surface area contributed by atoms with Crippen molar-refractivity contribution in [3.63, 3.8) is 0 Å². The summed E-state index contributed by atoms with van der Waals surface area (Å²) in [7, 11) is 0. The normalized spacial score (nSPS) is 32.8. The summed E-state index contributed by atoms with van der Waals surface area (Å²) in [5.74, 6) is 1.25. The highest BCUT2D eigenvalue weighted by Crippen LogP contribution is 2.56. The summed E-state index contributed by atoms with van der Waals surface area (Å²) in [5, 5.41) is 9.99. The van der Waals surface area contributed by atoms with Gasteiger partial charge in [-0.2, -0.15) is 0 Å². The monoisotopic (exact) mass is 296 g/mol. The van der Waals surface area contributed by atoms with Crippen molar-refractivity contribution in [2.45, 2.75) is 84.2 Å². The van der Waals surface area contributed by atoms with E-state index in [4.69, 9.17) is 4.74 Å². The van der Waals surface area contributed by atoms with Crippen LogP contribution in [0.15, 0.2) is 0 Å². The fourth-order valence-corrected chi connectivity index (χ4v) is 4.65. The molecule has 0 radical (unpaired) electrons. The molecule has 21 heavy (non-hydrogen) atoms. The minimum atomic E-state index is -0.384. The smallest absolute Gasteiger partial charge is 0.306 e. The molecule has 3 atom stereocenters. The predicted octanol–water partition coefficient (Wildman–Crippen LogP) is 4.08. The molecule has 0 aliphatic heterocycles. The third-order valence-electron chi connectivity index (χ3n) is 5.58. The van der Waals surface area contributed by atoms with Crippen LogP contribution in [0.5, 0.6) is 0 Å². The van der Waals surface area contributed by atoms with E-state index in [1.165, 1.54) is 38.5 Å². The molecule has 0 aromatic carbocycles. The molecule has 2 saturated carbocycles. The van der Waals surface area contributed by atoms with Crippen LogP contribution in [0.3, 0.4) is 0 Å². The molecule has 0 heterocycles. The maximum atomic E-state index is 11.8. The molecule has 0 bridgehead atoms. The first-order valence-electron chi connectivity index (χ1n) is 8.70. The van der Waals surface area contributed by atoms with Gasteiger partial charge >= 0.3 is 5.97 Å². The Hall–Kier alpha value is -0.570. The van der Waals surface area contributed by atoms with Crippen molar-refractivity contribution < 1.29 is 14.6 Å². The topological polar surface area (TPSA) is 46.5 Å². The first-order valence-corrected chi connectivity index (χ1v) is 8.70. The van der Waals surface area contributed by atoms with Crippen molar-refractivity contribution in [1.82, 2.24) is 0 Å². The van der Waals surface area contributed by atoms with Gasteiger partial charge in [0.2, 0.25) is 0 Å². The Morgan fingerprint density at radius 1 is 1.24 bits per heavy atom. The molecule has 2 rings (SSSR count). The standard InChI is InChI=1S/C18H32O3/c1-17(2,3)21-16(20)9-6-8-15-11-10-14-7-4-5-12-18(14,15)13-19/h14-15,19H,4-13H2,1-3H3/t14-,15+,18+/m0/s1. The Morgan fingerprint density at radius 3 is 2.67 bits per heavy atom. The lowest BCUT2D eigenvalue weighted by molar-refractivity contribution is -0.155. The Labute approximate surface area is 129 Å². The van der Waals surface area contributed by atoms with Crippen LogP contribution in [0.4, 0.5) is 0 Å². The highest BCUT2D eigenvalue weighted by molar-refractivity contribution is 5.69. The van der Waals surface area contributed by atoms with Crippen LogP contribution in [0.2, 0.25) is 0 Å². The second-order valence-electron chi connectivity index (χ2n) is 8.09. The maximum Gasteiger partial charge on any atom is 0.306 e. The lowest BCUT2D eigenvalue weighted by atomic mass is 9.63. The molecule has 0 aromatic rings. The second kappa shape index (κ2) is 6.68. The van der Waals surface area contributed by atoms with Crippen LogP contribution in [-0.4, -0.2) is 23.3 Å². The number of carbonyl (C=O) groups excluding carboxylic acids is 1. The van der Waals surface area contributed by atoms with Crippen LogP contribution in [-0.2, 0) is 9.53 Å². The minimum Gasteiger partial charge on any atom is -0.460 e. The van der Waals surface area contributed by atoms with Crippen molar-refractivity contribution in [2.75, 3.05) is 6.61 Å². The number of esters is 1. The largest absolute Gasteiger partial charge is 0.460 e. The van der Waals surface area contributed by atoms with Gasteiger partial charge in [0.05, 0.1) is 0 Å². The molecule has 2 aliphatic carbocycles. The van der Waals surface area contributed by atoms with E-state index in [-0.39, 0.29) is 17.0 Å². The molecule has 1 N–H and O–H groups in total. The molecular formula is C18H32O3. The van der Waals surface area contributed by atoms with Gasteiger partial charge in [-0.3, -0.25) is 4.79 Å². The van der Waals surface area contributed by atoms with E-state index in [1.54, 1.807) is 0 Å². The van der Waals surface area contributed by atoms with E-state index in [9.17, 15) is 9.90 Å². The lowest BCUT2D eigenvalue weighted by Crippen LogP contribution is -2.38. The van der Waals surface area contributed by atoms with Gasteiger partial charge in [0.25, 0.3) is 0 Å². The van der Waals surface area contributed by atoms with Gasteiger partial charge in [0, 0.05) is 13.0 Å². The predicted molar refractivity (Wildman–Crippen MR) is 83.9 cm³/mol. The number of fused-ring (bicyclic) bond motifs is 1. The summed E-state index contributed by atoms with van der Waals surface area (Å²) in [6.07, 6.45) is 10.1. The molecule has 0 aromatic heterocycles. The number of hydrogen-bond donors (Lipinski definition) is 1. The highest BCUT2D eigenvalue weighted by atomic mass is 16.6. The molecule has 0 saturated heterocycles. The average Bonchev–Trinajstić information content (AvgIpc) is 2.76. The molecule has 0 unspecified atom stereocenters. The molecule has 3 heteroatoms. The Bertz CT molecular complexity index is 358. The zero-order chi connectivity index (χ0) is 15.5. The second-order valence-corrected chi connectivity index (χ2v) is 8.09. The van der Waals surface area contributed by atoms with Gasteiger partial charge < -0.3 is 9.84 Å². The summed E-state index contributed by atoms with van der Waals surface area (Å²) < 4.78 is 5.37. The van der Waals surface area contributed by atoms with Crippen molar-refractivity contribution in [1.29, 1.82) is 0 Å². The lowest BCUT2D eigenvalue weighted by Gasteiger charge is -2.42. The molecule has 122 valence electrons. The van der Waals surface area contributed by atoms with Crippen LogP contribution in [0, 0.1) is 17.3 Å². The maximum absolute atomic E-state index is 11.8. The fraction of sp³-hybridized carbons (Fsp3) is 0.944. The van der Waals surface area contributed by atoms with Gasteiger partial charge in [-0.05, 0) is 76.5 Å². The first kappa shape index (κ1) is 16.8. The van der Waals surface area contributed by atoms with Gasteiger partial charge in [0.15, 0.2) is 0 Å². The number of ether oxygens (including phenoxy) is 1. The van der Waals surface area contributed by atoms with Crippen molar-refractivity contribution >= 4 is 5.97 Å². The molecule has 2 aliphatic rings. The Balaban J connectivity index is 1.82. The van der Waals surface area contributed by atoms with E-state index in [0.717, 1.165) is 18.8 Å². The number of aliphatic hydroxyl groups is 1. The Kier molecular flexibility index (Phi) is 5.34. The summed E-state index contributed by atoms with van der Waals surface area (Å²) in [5.41, 5.74) is -0.211. The third-order valence-corrected chi connectivity index (χ3v) is 5.58. The zero-order valence-corrected chi connectivity index (χ0v) is 14.0. The number of hydrogen-bond acceptors (Lipinski definition) is 3. The SMILES string of the molecule is CC(C)(C)OC(=O)CCC[C@@H]1CC[C@@H]2CCCC[C@]12CO. The summed E-state index contributed by atoms with van der Waals surface area (Å²) in [6.45, 7) is 6.08. The molecule has 0 spiro atoms. The first-order chi connectivity index (χ1) is 9.87. The van der Waals surface area contributed by atoms with Crippen LogP contribution in [0.25, 0.3) is 0 Å². The van der Waals surface area contributed by atoms with E-state index in [1.807, 2.05) is 20.8 Å². The van der Waals surface area contributed by atoms with Crippen molar-refractivity contribution in [2.24, 2.45) is 17.3 Å². The zero-order valence-electron chi connectivity index (χ0n) is 14.0. The molecule has 0 amide bonds. The van der Waals surface area contributed by atoms with E-state index >= 15 is 0 Å². The third kappa shape index (κ3) is 4.00. The Morgan fingerprint density at radius 2 is 2.00 bits per heavy atom. The quantitative estimate of drug-likeness (QED) is 0.778.